The first-order chi connectivity index (χ1) is 13.7. The van der Waals surface area contributed by atoms with E-state index in [1.807, 2.05) is 42.5 Å². The zero-order valence-corrected chi connectivity index (χ0v) is 19.1. The number of oxazole rings is 1. The third kappa shape index (κ3) is 7.41. The summed E-state index contributed by atoms with van der Waals surface area (Å²) >= 11 is 0. The van der Waals surface area contributed by atoms with Gasteiger partial charge in [0.1, 0.15) is 5.75 Å². The summed E-state index contributed by atoms with van der Waals surface area (Å²) in [7, 11) is 1.74. The molecule has 0 unspecified atom stereocenters. The van der Waals surface area contributed by atoms with E-state index in [1.54, 1.807) is 13.2 Å². The zero-order chi connectivity index (χ0) is 19.6. The van der Waals surface area contributed by atoms with Crippen molar-refractivity contribution in [3.8, 4) is 17.1 Å². The van der Waals surface area contributed by atoms with Gasteiger partial charge in [-0.1, -0.05) is 48.0 Å². The molecule has 0 aliphatic heterocycles. The van der Waals surface area contributed by atoms with Crippen molar-refractivity contribution in [2.24, 2.45) is 4.99 Å². The van der Waals surface area contributed by atoms with Gasteiger partial charge in [-0.15, -0.1) is 24.0 Å². The maximum atomic E-state index is 5.82. The third-order valence-electron chi connectivity index (χ3n) is 4.15. The van der Waals surface area contributed by atoms with E-state index in [0.717, 1.165) is 30.0 Å². The molecule has 0 atom stereocenters. The molecule has 0 aliphatic rings. The average molecular weight is 506 g/mol. The van der Waals surface area contributed by atoms with Crippen molar-refractivity contribution in [1.82, 2.24) is 15.6 Å². The van der Waals surface area contributed by atoms with Gasteiger partial charge in [0.15, 0.2) is 11.7 Å². The van der Waals surface area contributed by atoms with Gasteiger partial charge in [0.05, 0.1) is 19.3 Å². The standard InChI is InChI=1S/C22H26N4O2.HI/c1-17-9-11-18(12-10-17)20-15-25-21(28-20)16-26-22(23-2)24-13-6-14-27-19-7-4-3-5-8-19;/h3-5,7-12,15H,6,13-14,16H2,1-2H3,(H2,23,24,26);1H. The summed E-state index contributed by atoms with van der Waals surface area (Å²) < 4.78 is 11.5. The number of nitrogens with one attached hydrogen (secondary N) is 2. The molecule has 2 aromatic carbocycles. The fraction of sp³-hybridized carbons (Fsp3) is 0.273. The summed E-state index contributed by atoms with van der Waals surface area (Å²) in [6.45, 7) is 3.93. The molecule has 0 aliphatic carbocycles. The molecule has 0 radical (unpaired) electrons. The first-order valence-electron chi connectivity index (χ1n) is 9.39. The van der Waals surface area contributed by atoms with Crippen LogP contribution in [0, 0.1) is 6.92 Å². The summed E-state index contributed by atoms with van der Waals surface area (Å²) in [4.78, 5) is 8.55. The summed E-state index contributed by atoms with van der Waals surface area (Å²) in [5.74, 6) is 2.97. The van der Waals surface area contributed by atoms with E-state index in [9.17, 15) is 0 Å². The van der Waals surface area contributed by atoms with Crippen molar-refractivity contribution in [1.29, 1.82) is 0 Å². The Morgan fingerprint density at radius 2 is 1.83 bits per heavy atom. The number of aromatic nitrogens is 1. The molecule has 0 saturated heterocycles. The minimum Gasteiger partial charge on any atom is -0.494 e. The number of aliphatic imine (C=N–C) groups is 1. The van der Waals surface area contributed by atoms with Gasteiger partial charge in [0.2, 0.25) is 5.89 Å². The Morgan fingerprint density at radius 3 is 2.55 bits per heavy atom. The Kier molecular flexibility index (Phi) is 9.49. The van der Waals surface area contributed by atoms with Crippen LogP contribution >= 0.6 is 24.0 Å². The van der Waals surface area contributed by atoms with Crippen molar-refractivity contribution in [2.45, 2.75) is 19.9 Å². The Labute approximate surface area is 188 Å². The van der Waals surface area contributed by atoms with Gasteiger partial charge in [-0.3, -0.25) is 4.99 Å². The first-order valence-corrected chi connectivity index (χ1v) is 9.39. The molecule has 29 heavy (non-hydrogen) atoms. The highest BCUT2D eigenvalue weighted by atomic mass is 127. The van der Waals surface area contributed by atoms with Crippen LogP contribution in [-0.4, -0.2) is 31.1 Å². The summed E-state index contributed by atoms with van der Waals surface area (Å²) in [6.07, 6.45) is 2.62. The maximum absolute atomic E-state index is 5.82. The lowest BCUT2D eigenvalue weighted by atomic mass is 10.1. The maximum Gasteiger partial charge on any atom is 0.214 e. The number of para-hydroxylation sites is 1. The lowest BCUT2D eigenvalue weighted by molar-refractivity contribution is 0.311. The van der Waals surface area contributed by atoms with Gasteiger partial charge in [-0.2, -0.15) is 0 Å². The molecule has 0 bridgehead atoms. The first kappa shape index (κ1) is 22.7. The van der Waals surface area contributed by atoms with Crippen LogP contribution in [0.2, 0.25) is 0 Å². The summed E-state index contributed by atoms with van der Waals surface area (Å²) in [5, 5.41) is 6.47. The number of benzene rings is 2. The number of aryl methyl sites for hydroxylation is 1. The Morgan fingerprint density at radius 1 is 1.07 bits per heavy atom. The molecule has 1 heterocycles. The highest BCUT2D eigenvalue weighted by molar-refractivity contribution is 14.0. The third-order valence-corrected chi connectivity index (χ3v) is 4.15. The molecular weight excluding hydrogens is 479 g/mol. The van der Waals surface area contributed by atoms with Crippen LogP contribution in [0.15, 0.2) is 70.2 Å². The SMILES string of the molecule is CN=C(NCCCOc1ccccc1)NCc1ncc(-c2ccc(C)cc2)o1.I. The molecule has 0 saturated carbocycles. The highest BCUT2D eigenvalue weighted by Gasteiger charge is 2.07. The lowest BCUT2D eigenvalue weighted by Gasteiger charge is -2.11. The van der Waals surface area contributed by atoms with E-state index in [0.29, 0.717) is 25.0 Å². The number of halogens is 1. The smallest absolute Gasteiger partial charge is 0.214 e. The van der Waals surface area contributed by atoms with Crippen molar-refractivity contribution in [3.05, 3.63) is 72.2 Å². The molecule has 0 fully saturated rings. The quantitative estimate of drug-likeness (QED) is 0.205. The van der Waals surface area contributed by atoms with Crippen LogP contribution < -0.4 is 15.4 Å². The van der Waals surface area contributed by atoms with E-state index in [2.05, 4.69) is 39.7 Å². The summed E-state index contributed by atoms with van der Waals surface area (Å²) in [5.41, 5.74) is 2.24. The normalized spacial score (nSPS) is 10.9. The Bertz CT molecular complexity index is 879. The number of guanidine groups is 1. The second kappa shape index (κ2) is 12.1. The van der Waals surface area contributed by atoms with Gasteiger partial charge in [-0.25, -0.2) is 4.98 Å². The number of hydrogen-bond acceptors (Lipinski definition) is 4. The molecular formula is C22H27IN4O2. The molecule has 0 spiro atoms. The number of hydrogen-bond donors (Lipinski definition) is 2. The van der Waals surface area contributed by atoms with Gasteiger partial charge >= 0.3 is 0 Å². The monoisotopic (exact) mass is 506 g/mol. The molecule has 3 rings (SSSR count). The van der Waals surface area contributed by atoms with Gasteiger partial charge in [0, 0.05) is 19.2 Å². The predicted molar refractivity (Wildman–Crippen MR) is 127 cm³/mol. The van der Waals surface area contributed by atoms with E-state index in [-0.39, 0.29) is 24.0 Å². The Balaban J connectivity index is 0.00000300. The van der Waals surface area contributed by atoms with Crippen molar-refractivity contribution in [2.75, 3.05) is 20.2 Å². The van der Waals surface area contributed by atoms with Crippen LogP contribution in [0.4, 0.5) is 0 Å². The van der Waals surface area contributed by atoms with E-state index in [4.69, 9.17) is 9.15 Å². The second-order valence-electron chi connectivity index (χ2n) is 6.35. The van der Waals surface area contributed by atoms with Crippen LogP contribution in [0.25, 0.3) is 11.3 Å². The molecule has 6 nitrogen and oxygen atoms in total. The molecule has 1 aromatic heterocycles. The minimum atomic E-state index is 0. The van der Waals surface area contributed by atoms with E-state index >= 15 is 0 Å². The van der Waals surface area contributed by atoms with Crippen molar-refractivity contribution >= 4 is 29.9 Å². The van der Waals surface area contributed by atoms with E-state index in [1.165, 1.54) is 5.56 Å². The lowest BCUT2D eigenvalue weighted by Crippen LogP contribution is -2.37. The zero-order valence-electron chi connectivity index (χ0n) is 16.7. The molecule has 3 aromatic rings. The highest BCUT2D eigenvalue weighted by Crippen LogP contribution is 2.20. The van der Waals surface area contributed by atoms with Crippen LogP contribution in [0.5, 0.6) is 5.75 Å². The van der Waals surface area contributed by atoms with Gasteiger partial charge in [0.25, 0.3) is 0 Å². The van der Waals surface area contributed by atoms with Crippen molar-refractivity contribution < 1.29 is 9.15 Å². The largest absolute Gasteiger partial charge is 0.494 e. The van der Waals surface area contributed by atoms with Crippen LogP contribution in [0.3, 0.4) is 0 Å². The van der Waals surface area contributed by atoms with Crippen LogP contribution in [0.1, 0.15) is 17.9 Å². The predicted octanol–water partition coefficient (Wildman–Crippen LogP) is 4.40. The fourth-order valence-corrected chi connectivity index (χ4v) is 2.61. The minimum absolute atomic E-state index is 0. The van der Waals surface area contributed by atoms with Crippen molar-refractivity contribution in [3.63, 3.8) is 0 Å². The average Bonchev–Trinajstić information content (AvgIpc) is 3.20. The number of ether oxygens (including phenoxy) is 1. The Hall–Kier alpha value is -2.55. The fourth-order valence-electron chi connectivity index (χ4n) is 2.61. The molecule has 2 N–H and O–H groups in total. The molecule has 7 heteroatoms. The van der Waals surface area contributed by atoms with Gasteiger partial charge < -0.3 is 19.8 Å². The second-order valence-corrected chi connectivity index (χ2v) is 6.35. The molecule has 0 amide bonds. The van der Waals surface area contributed by atoms with Crippen LogP contribution in [-0.2, 0) is 6.54 Å². The van der Waals surface area contributed by atoms with Gasteiger partial charge in [-0.05, 0) is 25.5 Å². The topological polar surface area (TPSA) is 71.7 Å². The number of nitrogens with zero attached hydrogens (tertiary/aromatic N) is 2. The summed E-state index contributed by atoms with van der Waals surface area (Å²) in [6, 6.07) is 18.0. The molecule has 154 valence electrons. The van der Waals surface area contributed by atoms with E-state index < -0.39 is 0 Å². The number of rotatable bonds is 8.